The Hall–Kier alpha value is -0.860. The number of rotatable bonds is 5. The summed E-state index contributed by atoms with van der Waals surface area (Å²) >= 11 is 0. The van der Waals surface area contributed by atoms with Crippen molar-refractivity contribution in [3.05, 3.63) is 34.9 Å². The van der Waals surface area contributed by atoms with Crippen LogP contribution in [-0.4, -0.2) is 38.1 Å². The molecule has 0 saturated carbocycles. The molecule has 1 atom stereocenters. The van der Waals surface area contributed by atoms with Gasteiger partial charge in [-0.15, -0.1) is 0 Å². The molecule has 19 heavy (non-hydrogen) atoms. The molecule has 0 bridgehead atoms. The van der Waals surface area contributed by atoms with E-state index >= 15 is 0 Å². The van der Waals surface area contributed by atoms with Crippen LogP contribution in [0.15, 0.2) is 18.2 Å². The Labute approximate surface area is 118 Å². The smallest absolute Gasteiger partial charge is 0.0101 e. The maximum Gasteiger partial charge on any atom is 0.0101 e. The average molecular weight is 260 g/mol. The van der Waals surface area contributed by atoms with Crippen molar-refractivity contribution in [2.24, 2.45) is 0 Å². The third-order valence-electron chi connectivity index (χ3n) is 4.20. The van der Waals surface area contributed by atoms with Crippen LogP contribution in [0.1, 0.15) is 36.5 Å². The van der Waals surface area contributed by atoms with E-state index in [9.17, 15) is 0 Å². The second kappa shape index (κ2) is 7.06. The van der Waals surface area contributed by atoms with Gasteiger partial charge >= 0.3 is 0 Å². The molecule has 1 unspecified atom stereocenters. The summed E-state index contributed by atoms with van der Waals surface area (Å²) in [6, 6.07) is 7.78. The Balaban J connectivity index is 1.89. The lowest BCUT2D eigenvalue weighted by molar-refractivity contribution is 0.372. The fourth-order valence-electron chi connectivity index (χ4n) is 2.88. The molecule has 2 rings (SSSR count). The van der Waals surface area contributed by atoms with Gasteiger partial charge in [0.05, 0.1) is 0 Å². The number of hydrogen-bond donors (Lipinski definition) is 1. The SMILES string of the molecule is CCc1ccc2c(c1)CCC(NCCN(C)C)CC2. The number of likely N-dealkylation sites (N-methyl/N-ethyl adjacent to an activating group) is 1. The van der Waals surface area contributed by atoms with Crippen LogP contribution in [0.3, 0.4) is 0 Å². The van der Waals surface area contributed by atoms with Crippen LogP contribution in [0.2, 0.25) is 0 Å². The Morgan fingerprint density at radius 1 is 1.16 bits per heavy atom. The number of nitrogens with one attached hydrogen (secondary N) is 1. The van der Waals surface area contributed by atoms with Crippen LogP contribution in [0.25, 0.3) is 0 Å². The lowest BCUT2D eigenvalue weighted by atomic mass is 9.99. The predicted molar refractivity (Wildman–Crippen MR) is 82.8 cm³/mol. The molecule has 0 amide bonds. The van der Waals surface area contributed by atoms with Gasteiger partial charge in [-0.2, -0.15) is 0 Å². The van der Waals surface area contributed by atoms with E-state index in [1.54, 1.807) is 11.1 Å². The molecule has 0 saturated heterocycles. The van der Waals surface area contributed by atoms with Crippen molar-refractivity contribution < 1.29 is 0 Å². The predicted octanol–water partition coefficient (Wildman–Crippen LogP) is 2.65. The van der Waals surface area contributed by atoms with E-state index in [-0.39, 0.29) is 0 Å². The van der Waals surface area contributed by atoms with Crippen molar-refractivity contribution >= 4 is 0 Å². The average Bonchev–Trinajstić information content (AvgIpc) is 2.60. The highest BCUT2D eigenvalue weighted by Gasteiger charge is 2.15. The molecule has 1 aromatic rings. The molecular formula is C17H28N2. The van der Waals surface area contributed by atoms with E-state index in [1.165, 1.54) is 31.2 Å². The molecule has 106 valence electrons. The molecule has 0 aromatic heterocycles. The summed E-state index contributed by atoms with van der Waals surface area (Å²) < 4.78 is 0. The number of benzene rings is 1. The fourth-order valence-corrected chi connectivity index (χ4v) is 2.88. The summed E-state index contributed by atoms with van der Waals surface area (Å²) in [4.78, 5) is 2.24. The number of hydrogen-bond acceptors (Lipinski definition) is 2. The molecule has 1 aromatic carbocycles. The van der Waals surface area contributed by atoms with E-state index in [0.29, 0.717) is 6.04 Å². The van der Waals surface area contributed by atoms with Gasteiger partial charge in [0.2, 0.25) is 0 Å². The zero-order valence-corrected chi connectivity index (χ0v) is 12.7. The van der Waals surface area contributed by atoms with Crippen LogP contribution in [0.5, 0.6) is 0 Å². The maximum absolute atomic E-state index is 3.71. The molecule has 0 spiro atoms. The van der Waals surface area contributed by atoms with Gasteiger partial charge in [0.1, 0.15) is 0 Å². The highest BCUT2D eigenvalue weighted by Crippen LogP contribution is 2.22. The third-order valence-corrected chi connectivity index (χ3v) is 4.20. The van der Waals surface area contributed by atoms with Crippen molar-refractivity contribution in [1.82, 2.24) is 10.2 Å². The first-order valence-electron chi connectivity index (χ1n) is 7.68. The van der Waals surface area contributed by atoms with Gasteiger partial charge in [-0.3, -0.25) is 0 Å². The van der Waals surface area contributed by atoms with Gasteiger partial charge < -0.3 is 10.2 Å². The van der Waals surface area contributed by atoms with Gasteiger partial charge in [0, 0.05) is 19.1 Å². The molecule has 0 aliphatic heterocycles. The summed E-state index contributed by atoms with van der Waals surface area (Å²) in [5.41, 5.74) is 4.66. The fraction of sp³-hybridized carbons (Fsp3) is 0.647. The third kappa shape index (κ3) is 4.32. The molecule has 1 aliphatic carbocycles. The van der Waals surface area contributed by atoms with Crippen molar-refractivity contribution in [3.8, 4) is 0 Å². The molecule has 2 nitrogen and oxygen atoms in total. The molecule has 1 aliphatic rings. The maximum atomic E-state index is 3.71. The molecule has 0 heterocycles. The van der Waals surface area contributed by atoms with Crippen molar-refractivity contribution in [2.45, 2.75) is 45.1 Å². The molecule has 2 heteroatoms. The zero-order valence-electron chi connectivity index (χ0n) is 12.7. The Morgan fingerprint density at radius 2 is 1.89 bits per heavy atom. The first kappa shape index (κ1) is 14.5. The minimum Gasteiger partial charge on any atom is -0.313 e. The molecule has 0 fully saturated rings. The van der Waals surface area contributed by atoms with Crippen LogP contribution >= 0.6 is 0 Å². The quantitative estimate of drug-likeness (QED) is 0.819. The summed E-state index contributed by atoms with van der Waals surface area (Å²) in [5, 5.41) is 3.71. The van der Waals surface area contributed by atoms with Crippen molar-refractivity contribution in [3.63, 3.8) is 0 Å². The van der Waals surface area contributed by atoms with E-state index < -0.39 is 0 Å². The van der Waals surface area contributed by atoms with E-state index in [4.69, 9.17) is 0 Å². The monoisotopic (exact) mass is 260 g/mol. The number of fused-ring (bicyclic) bond motifs is 1. The largest absolute Gasteiger partial charge is 0.313 e. The van der Waals surface area contributed by atoms with Gasteiger partial charge in [-0.1, -0.05) is 25.1 Å². The summed E-state index contributed by atoms with van der Waals surface area (Å²) in [7, 11) is 4.27. The minimum atomic E-state index is 0.692. The van der Waals surface area contributed by atoms with Crippen LogP contribution in [0, 0.1) is 0 Å². The van der Waals surface area contributed by atoms with Crippen molar-refractivity contribution in [2.75, 3.05) is 27.2 Å². The van der Waals surface area contributed by atoms with E-state index in [0.717, 1.165) is 19.5 Å². The van der Waals surface area contributed by atoms with Gasteiger partial charge in [-0.05, 0) is 62.9 Å². The summed E-state index contributed by atoms with van der Waals surface area (Å²) in [5.74, 6) is 0. The first-order chi connectivity index (χ1) is 9.19. The molecule has 0 radical (unpaired) electrons. The van der Waals surface area contributed by atoms with Gasteiger partial charge in [0.15, 0.2) is 0 Å². The first-order valence-corrected chi connectivity index (χ1v) is 7.68. The van der Waals surface area contributed by atoms with Gasteiger partial charge in [0.25, 0.3) is 0 Å². The van der Waals surface area contributed by atoms with Gasteiger partial charge in [-0.25, -0.2) is 0 Å². The summed E-state index contributed by atoms with van der Waals surface area (Å²) in [6.07, 6.45) is 6.19. The van der Waals surface area contributed by atoms with Crippen molar-refractivity contribution in [1.29, 1.82) is 0 Å². The highest BCUT2D eigenvalue weighted by molar-refractivity contribution is 5.33. The zero-order chi connectivity index (χ0) is 13.7. The lowest BCUT2D eigenvalue weighted by Crippen LogP contribution is -2.35. The molecular weight excluding hydrogens is 232 g/mol. The van der Waals surface area contributed by atoms with E-state index in [2.05, 4.69) is 49.4 Å². The van der Waals surface area contributed by atoms with Crippen LogP contribution in [-0.2, 0) is 19.3 Å². The lowest BCUT2D eigenvalue weighted by Gasteiger charge is -2.18. The minimum absolute atomic E-state index is 0.692. The second-order valence-corrected chi connectivity index (χ2v) is 5.99. The Morgan fingerprint density at radius 3 is 2.58 bits per heavy atom. The second-order valence-electron chi connectivity index (χ2n) is 5.99. The summed E-state index contributed by atoms with van der Waals surface area (Å²) in [6.45, 7) is 4.47. The highest BCUT2D eigenvalue weighted by atomic mass is 15.1. The normalized spacial score (nSPS) is 19.3. The van der Waals surface area contributed by atoms with Crippen LogP contribution < -0.4 is 5.32 Å². The Kier molecular flexibility index (Phi) is 5.41. The Bertz CT molecular complexity index is 398. The molecule has 1 N–H and O–H groups in total. The topological polar surface area (TPSA) is 15.3 Å². The van der Waals surface area contributed by atoms with E-state index in [1.807, 2.05) is 0 Å². The number of aryl methyl sites for hydroxylation is 3. The van der Waals surface area contributed by atoms with Crippen LogP contribution in [0.4, 0.5) is 0 Å². The standard InChI is InChI=1S/C17H28N2/c1-4-14-5-6-15-7-9-17(10-8-16(15)13-14)18-11-12-19(2)3/h5-6,13,17-18H,4,7-12H2,1-3H3. The number of nitrogens with zero attached hydrogens (tertiary/aromatic N) is 1.